The van der Waals surface area contributed by atoms with Gasteiger partial charge in [0.1, 0.15) is 0 Å². The molecule has 0 aromatic heterocycles. The molecule has 20 heavy (non-hydrogen) atoms. The first-order chi connectivity index (χ1) is 8.06. The maximum absolute atomic E-state index is 4.37. The molecule has 0 unspecified atom stereocenters. The molecule has 0 fully saturated rings. The van der Waals surface area contributed by atoms with Crippen LogP contribution in [0.5, 0.6) is 0 Å². The minimum atomic E-state index is 0. The first-order valence-corrected chi connectivity index (χ1v) is 7.71. The number of rotatable bonds is 9. The summed E-state index contributed by atoms with van der Waals surface area (Å²) in [7, 11) is 0. The summed E-state index contributed by atoms with van der Waals surface area (Å²) in [5, 5.41) is 0. The molecule has 6 N–H and O–H groups in total. The van der Waals surface area contributed by atoms with Gasteiger partial charge < -0.3 is 45.4 Å². The molecule has 0 aliphatic rings. The van der Waals surface area contributed by atoms with Crippen LogP contribution in [0.3, 0.4) is 0 Å². The lowest BCUT2D eigenvalue weighted by molar-refractivity contribution is -0.501. The lowest BCUT2D eigenvalue weighted by Crippen LogP contribution is -3.00. The van der Waals surface area contributed by atoms with Crippen LogP contribution in [-0.2, 0) is 0 Å². The van der Waals surface area contributed by atoms with Gasteiger partial charge in [0.2, 0.25) is 0 Å². The molecule has 0 atom stereocenters. The van der Waals surface area contributed by atoms with Gasteiger partial charge in [0.15, 0.2) is 0 Å². The number of halogens is 2. The average Bonchev–Trinajstić information content (AvgIpc) is 2.21. The van der Waals surface area contributed by atoms with Crippen molar-refractivity contribution in [1.82, 2.24) is 0 Å². The third kappa shape index (κ3) is 7.77. The molecule has 0 rings (SSSR count). The molecule has 0 radical (unpaired) electrons. The lowest BCUT2D eigenvalue weighted by atomic mass is 9.57. The van der Waals surface area contributed by atoms with E-state index in [1.54, 1.807) is 0 Å². The summed E-state index contributed by atoms with van der Waals surface area (Å²) in [6.45, 7) is 15.2. The van der Waals surface area contributed by atoms with E-state index in [4.69, 9.17) is 0 Å². The lowest BCUT2D eigenvalue weighted by Gasteiger charge is -2.48. The highest BCUT2D eigenvalue weighted by Gasteiger charge is 2.48. The Bertz CT molecular complexity index is 233. The van der Waals surface area contributed by atoms with Crippen LogP contribution in [0, 0.1) is 10.8 Å². The van der Waals surface area contributed by atoms with E-state index in [1.165, 1.54) is 38.5 Å². The van der Waals surface area contributed by atoms with Gasteiger partial charge in [0.05, 0.1) is 12.1 Å². The second-order valence-corrected chi connectivity index (χ2v) is 7.76. The molecule has 0 saturated carbocycles. The van der Waals surface area contributed by atoms with Crippen molar-refractivity contribution in [3.05, 3.63) is 0 Å². The summed E-state index contributed by atoms with van der Waals surface area (Å²) in [5.74, 6) is 0. The summed E-state index contributed by atoms with van der Waals surface area (Å²) in [6, 6.07) is 0. The van der Waals surface area contributed by atoms with Gasteiger partial charge in [-0.2, -0.15) is 0 Å². The fourth-order valence-electron chi connectivity index (χ4n) is 2.50. The largest absolute Gasteiger partial charge is 1.00 e. The predicted octanol–water partition coefficient (Wildman–Crippen LogP) is -3.35. The third-order valence-corrected chi connectivity index (χ3v) is 5.44. The zero-order chi connectivity index (χ0) is 14.4. The van der Waals surface area contributed by atoms with Crippen LogP contribution in [0.15, 0.2) is 0 Å². The second-order valence-electron chi connectivity index (χ2n) is 7.76. The van der Waals surface area contributed by atoms with Gasteiger partial charge in [-0.3, -0.25) is 0 Å². The van der Waals surface area contributed by atoms with E-state index >= 15 is 0 Å². The van der Waals surface area contributed by atoms with Crippen LogP contribution < -0.4 is 45.4 Å². The van der Waals surface area contributed by atoms with Gasteiger partial charge in [-0.25, -0.2) is 0 Å². The summed E-state index contributed by atoms with van der Waals surface area (Å²) in [6.07, 6.45) is 8.05. The number of hydrogen-bond acceptors (Lipinski definition) is 0. The fraction of sp³-hybridized carbons (Fsp3) is 1.00. The van der Waals surface area contributed by atoms with E-state index < -0.39 is 0 Å². The standard InChI is InChI=1S/C16H36N2.2BrH/c1-14(2,15(3,4)16(5,6)18)12-10-8-7-9-11-13-17;;/h7-13,17-18H2,1-6H3;2*1H. The Morgan fingerprint density at radius 2 is 1.10 bits per heavy atom. The minimum absolute atomic E-state index is 0. The maximum atomic E-state index is 4.37. The smallest absolute Gasteiger partial charge is 0.0945 e. The number of quaternary nitrogens is 2. The van der Waals surface area contributed by atoms with Crippen LogP contribution in [0.1, 0.15) is 80.1 Å². The number of unbranched alkanes of at least 4 members (excludes halogenated alkanes) is 4. The van der Waals surface area contributed by atoms with Crippen LogP contribution in [-0.4, -0.2) is 12.1 Å². The Kier molecular flexibility index (Phi) is 13.7. The van der Waals surface area contributed by atoms with E-state index in [-0.39, 0.29) is 44.9 Å². The Balaban J connectivity index is -0.00000144. The minimum Gasteiger partial charge on any atom is -1.00 e. The van der Waals surface area contributed by atoms with Crippen LogP contribution >= 0.6 is 0 Å². The van der Waals surface area contributed by atoms with Crippen LogP contribution in [0.2, 0.25) is 0 Å². The molecule has 0 saturated heterocycles. The van der Waals surface area contributed by atoms with Crippen molar-refractivity contribution < 1.29 is 45.4 Å². The van der Waals surface area contributed by atoms with Gasteiger partial charge in [0, 0.05) is 5.41 Å². The van der Waals surface area contributed by atoms with Crippen molar-refractivity contribution in [1.29, 1.82) is 0 Å². The summed E-state index contributed by atoms with van der Waals surface area (Å²) < 4.78 is 0. The third-order valence-electron chi connectivity index (χ3n) is 5.44. The molecule has 0 bridgehead atoms. The van der Waals surface area contributed by atoms with Crippen molar-refractivity contribution in [3.63, 3.8) is 0 Å². The molecule has 4 heteroatoms. The van der Waals surface area contributed by atoms with Gasteiger partial charge in [0.25, 0.3) is 0 Å². The van der Waals surface area contributed by atoms with Gasteiger partial charge >= 0.3 is 0 Å². The van der Waals surface area contributed by atoms with Gasteiger partial charge in [-0.1, -0.05) is 47.0 Å². The Labute approximate surface area is 148 Å². The molecular weight excluding hydrogens is 380 g/mol. The molecule has 0 aliphatic carbocycles. The normalized spacial score (nSPS) is 12.6. The van der Waals surface area contributed by atoms with Crippen molar-refractivity contribution in [3.8, 4) is 0 Å². The van der Waals surface area contributed by atoms with E-state index in [9.17, 15) is 0 Å². The average molecular weight is 418 g/mol. The van der Waals surface area contributed by atoms with Crippen molar-refractivity contribution in [2.45, 2.75) is 85.6 Å². The Morgan fingerprint density at radius 3 is 1.50 bits per heavy atom. The molecular formula is C16H38Br2N2. The second kappa shape index (κ2) is 10.6. The highest BCUT2D eigenvalue weighted by Crippen LogP contribution is 2.47. The van der Waals surface area contributed by atoms with E-state index in [0.29, 0.717) is 5.41 Å². The van der Waals surface area contributed by atoms with E-state index in [1.807, 2.05) is 0 Å². The van der Waals surface area contributed by atoms with Gasteiger partial charge in [-0.05, 0) is 38.5 Å². The van der Waals surface area contributed by atoms with Crippen LogP contribution in [0.4, 0.5) is 0 Å². The molecule has 126 valence electrons. The molecule has 0 amide bonds. The summed E-state index contributed by atoms with van der Waals surface area (Å²) in [4.78, 5) is 0. The molecule has 0 spiro atoms. The monoisotopic (exact) mass is 416 g/mol. The zero-order valence-electron chi connectivity index (χ0n) is 14.6. The molecule has 0 aromatic carbocycles. The van der Waals surface area contributed by atoms with Gasteiger partial charge in [-0.15, -0.1) is 0 Å². The topological polar surface area (TPSA) is 55.3 Å². The molecule has 0 aliphatic heterocycles. The number of hydrogen-bond donors (Lipinski definition) is 2. The molecule has 2 nitrogen and oxygen atoms in total. The molecule has 0 heterocycles. The highest BCUT2D eigenvalue weighted by molar-refractivity contribution is 4.95. The van der Waals surface area contributed by atoms with E-state index in [0.717, 1.165) is 6.54 Å². The SMILES string of the molecule is CC(C)([NH3+])C(C)(C)C(C)(C)CCCCCCC[NH3+].[Br-].[Br-]. The predicted molar refractivity (Wildman–Crippen MR) is 80.0 cm³/mol. The summed E-state index contributed by atoms with van der Waals surface area (Å²) in [5.41, 5.74) is 8.99. The first kappa shape index (κ1) is 25.8. The van der Waals surface area contributed by atoms with Crippen LogP contribution in [0.25, 0.3) is 0 Å². The van der Waals surface area contributed by atoms with E-state index in [2.05, 4.69) is 53.0 Å². The van der Waals surface area contributed by atoms with Crippen molar-refractivity contribution in [2.24, 2.45) is 10.8 Å². The quantitative estimate of drug-likeness (QED) is 0.368. The Hall–Kier alpha value is 0.880. The molecule has 0 aromatic rings. The summed E-state index contributed by atoms with van der Waals surface area (Å²) >= 11 is 0. The maximum Gasteiger partial charge on any atom is 0.0945 e. The fourth-order valence-corrected chi connectivity index (χ4v) is 2.50. The Morgan fingerprint density at radius 1 is 0.700 bits per heavy atom. The van der Waals surface area contributed by atoms with Crippen molar-refractivity contribution >= 4 is 0 Å². The van der Waals surface area contributed by atoms with Crippen molar-refractivity contribution in [2.75, 3.05) is 6.54 Å². The first-order valence-electron chi connectivity index (χ1n) is 7.71. The highest BCUT2D eigenvalue weighted by atomic mass is 79.9. The zero-order valence-corrected chi connectivity index (χ0v) is 17.8.